The zero-order chi connectivity index (χ0) is 14.7. The van der Waals surface area contributed by atoms with E-state index in [1.54, 1.807) is 0 Å². The summed E-state index contributed by atoms with van der Waals surface area (Å²) in [4.78, 5) is 12.1. The molecule has 3 rings (SSSR count). The highest BCUT2D eigenvalue weighted by Crippen LogP contribution is 2.25. The molecule has 0 aliphatic heterocycles. The van der Waals surface area contributed by atoms with Gasteiger partial charge in [-0.05, 0) is 55.7 Å². The molecule has 1 saturated carbocycles. The van der Waals surface area contributed by atoms with E-state index in [2.05, 4.69) is 35.8 Å². The lowest BCUT2D eigenvalue weighted by Crippen LogP contribution is -2.43. The number of nitrogens with one attached hydrogen (secondary N) is 2. The number of hydrogen-bond donors (Lipinski definition) is 2. The molecular formula is C18H26N2O. The van der Waals surface area contributed by atoms with Crippen LogP contribution in [0.1, 0.15) is 68.2 Å². The molecule has 0 radical (unpaired) electrons. The monoisotopic (exact) mass is 286 g/mol. The highest BCUT2D eigenvalue weighted by Gasteiger charge is 2.18. The molecule has 114 valence electrons. The zero-order valence-electron chi connectivity index (χ0n) is 13.0. The summed E-state index contributed by atoms with van der Waals surface area (Å²) in [6, 6.07) is 7.08. The molecule has 1 aromatic rings. The van der Waals surface area contributed by atoms with Gasteiger partial charge in [-0.3, -0.25) is 0 Å². The minimum absolute atomic E-state index is 0.0186. The van der Waals surface area contributed by atoms with Crippen LogP contribution in [0.4, 0.5) is 4.79 Å². The molecule has 0 saturated heterocycles. The lowest BCUT2D eigenvalue weighted by molar-refractivity contribution is 0.229. The Morgan fingerprint density at radius 3 is 2.67 bits per heavy atom. The molecule has 3 nitrogen and oxygen atoms in total. The molecule has 0 bridgehead atoms. The Kier molecular flexibility index (Phi) is 4.47. The van der Waals surface area contributed by atoms with Crippen molar-refractivity contribution in [2.45, 2.75) is 70.4 Å². The molecule has 1 aromatic carbocycles. The van der Waals surface area contributed by atoms with Crippen molar-refractivity contribution in [3.05, 3.63) is 34.9 Å². The van der Waals surface area contributed by atoms with Gasteiger partial charge >= 0.3 is 6.03 Å². The SMILES string of the molecule is C[C@H](NC(=O)NC1CCCCC1)c1ccc2c(c1)CCC2. The molecule has 2 amide bonds. The maximum Gasteiger partial charge on any atom is 0.315 e. The fourth-order valence-corrected chi connectivity index (χ4v) is 3.62. The normalized spacial score (nSPS) is 19.9. The van der Waals surface area contributed by atoms with Crippen LogP contribution < -0.4 is 10.6 Å². The summed E-state index contributed by atoms with van der Waals surface area (Å²) in [6.07, 6.45) is 9.70. The zero-order valence-corrected chi connectivity index (χ0v) is 13.0. The van der Waals surface area contributed by atoms with Crippen LogP contribution in [-0.4, -0.2) is 12.1 Å². The second-order valence-corrected chi connectivity index (χ2v) is 6.56. The van der Waals surface area contributed by atoms with Crippen molar-refractivity contribution in [1.29, 1.82) is 0 Å². The average molecular weight is 286 g/mol. The standard InChI is InChI=1S/C18H26N2O/c1-13(15-11-10-14-6-5-7-16(14)12-15)19-18(21)20-17-8-3-2-4-9-17/h10-13,17H,2-9H2,1H3,(H2,19,20,21)/t13-/m0/s1. The third-order valence-electron chi connectivity index (χ3n) is 4.91. The molecule has 1 atom stereocenters. The van der Waals surface area contributed by atoms with E-state index in [1.165, 1.54) is 55.2 Å². The fraction of sp³-hybridized carbons (Fsp3) is 0.611. The summed E-state index contributed by atoms with van der Waals surface area (Å²) in [5.41, 5.74) is 4.17. The summed E-state index contributed by atoms with van der Waals surface area (Å²) in [5.74, 6) is 0. The van der Waals surface area contributed by atoms with Crippen molar-refractivity contribution < 1.29 is 4.79 Å². The Bertz CT molecular complexity index is 506. The Hall–Kier alpha value is -1.51. The van der Waals surface area contributed by atoms with Crippen LogP contribution >= 0.6 is 0 Å². The van der Waals surface area contributed by atoms with Crippen molar-refractivity contribution in [3.63, 3.8) is 0 Å². The predicted octanol–water partition coefficient (Wildman–Crippen LogP) is 3.87. The Morgan fingerprint density at radius 2 is 1.86 bits per heavy atom. The smallest absolute Gasteiger partial charge is 0.315 e. The van der Waals surface area contributed by atoms with E-state index in [0.29, 0.717) is 6.04 Å². The topological polar surface area (TPSA) is 41.1 Å². The first-order valence-corrected chi connectivity index (χ1v) is 8.41. The van der Waals surface area contributed by atoms with Crippen molar-refractivity contribution in [3.8, 4) is 0 Å². The molecule has 0 aromatic heterocycles. The summed E-state index contributed by atoms with van der Waals surface area (Å²) >= 11 is 0. The summed E-state index contributed by atoms with van der Waals surface area (Å²) < 4.78 is 0. The van der Waals surface area contributed by atoms with Gasteiger partial charge in [-0.2, -0.15) is 0 Å². The number of aryl methyl sites for hydroxylation is 2. The van der Waals surface area contributed by atoms with Crippen LogP contribution in [0.3, 0.4) is 0 Å². The Balaban J connectivity index is 1.55. The van der Waals surface area contributed by atoms with Crippen LogP contribution in [0, 0.1) is 0 Å². The van der Waals surface area contributed by atoms with Crippen LogP contribution in [0.2, 0.25) is 0 Å². The van der Waals surface area contributed by atoms with Gasteiger partial charge in [0.25, 0.3) is 0 Å². The maximum absolute atomic E-state index is 12.1. The molecule has 2 aliphatic rings. The molecule has 21 heavy (non-hydrogen) atoms. The highest BCUT2D eigenvalue weighted by molar-refractivity contribution is 5.74. The highest BCUT2D eigenvalue weighted by atomic mass is 16.2. The molecule has 2 aliphatic carbocycles. The lowest BCUT2D eigenvalue weighted by Gasteiger charge is -2.24. The summed E-state index contributed by atoms with van der Waals surface area (Å²) in [5, 5.41) is 6.21. The number of hydrogen-bond acceptors (Lipinski definition) is 1. The summed E-state index contributed by atoms with van der Waals surface area (Å²) in [6.45, 7) is 2.07. The van der Waals surface area contributed by atoms with E-state index in [9.17, 15) is 4.79 Å². The van der Waals surface area contributed by atoms with Crippen molar-refractivity contribution >= 4 is 6.03 Å². The molecule has 0 spiro atoms. The molecular weight excluding hydrogens is 260 g/mol. The molecule has 2 N–H and O–H groups in total. The number of carbonyl (C=O) groups is 1. The molecule has 0 unspecified atom stereocenters. The van der Waals surface area contributed by atoms with Gasteiger partial charge in [0.05, 0.1) is 6.04 Å². The van der Waals surface area contributed by atoms with E-state index in [-0.39, 0.29) is 12.1 Å². The Morgan fingerprint density at radius 1 is 1.10 bits per heavy atom. The lowest BCUT2D eigenvalue weighted by atomic mass is 9.96. The minimum atomic E-state index is -0.0186. The largest absolute Gasteiger partial charge is 0.335 e. The molecule has 3 heteroatoms. The van der Waals surface area contributed by atoms with E-state index < -0.39 is 0 Å². The second kappa shape index (κ2) is 6.50. The predicted molar refractivity (Wildman–Crippen MR) is 85.4 cm³/mol. The second-order valence-electron chi connectivity index (χ2n) is 6.56. The van der Waals surface area contributed by atoms with Gasteiger partial charge in [-0.25, -0.2) is 4.79 Å². The number of fused-ring (bicyclic) bond motifs is 1. The first-order valence-electron chi connectivity index (χ1n) is 8.41. The number of carbonyl (C=O) groups excluding carboxylic acids is 1. The van der Waals surface area contributed by atoms with Crippen LogP contribution in [0.5, 0.6) is 0 Å². The summed E-state index contributed by atoms with van der Waals surface area (Å²) in [7, 11) is 0. The number of rotatable bonds is 3. The van der Waals surface area contributed by atoms with E-state index in [4.69, 9.17) is 0 Å². The Labute approximate surface area is 127 Å². The third-order valence-corrected chi connectivity index (χ3v) is 4.91. The van der Waals surface area contributed by atoms with Crippen molar-refractivity contribution in [2.75, 3.05) is 0 Å². The number of urea groups is 1. The van der Waals surface area contributed by atoms with Gasteiger partial charge in [0.15, 0.2) is 0 Å². The van der Waals surface area contributed by atoms with Gasteiger partial charge in [-0.1, -0.05) is 37.5 Å². The van der Waals surface area contributed by atoms with Gasteiger partial charge in [0.1, 0.15) is 0 Å². The first-order chi connectivity index (χ1) is 10.2. The van der Waals surface area contributed by atoms with Gasteiger partial charge in [0, 0.05) is 6.04 Å². The molecule has 1 fully saturated rings. The van der Waals surface area contributed by atoms with Crippen molar-refractivity contribution in [1.82, 2.24) is 10.6 Å². The quantitative estimate of drug-likeness (QED) is 0.870. The van der Waals surface area contributed by atoms with E-state index >= 15 is 0 Å². The van der Waals surface area contributed by atoms with Crippen molar-refractivity contribution in [2.24, 2.45) is 0 Å². The number of benzene rings is 1. The fourth-order valence-electron chi connectivity index (χ4n) is 3.62. The van der Waals surface area contributed by atoms with Gasteiger partial charge in [0.2, 0.25) is 0 Å². The molecule has 0 heterocycles. The van der Waals surface area contributed by atoms with E-state index in [0.717, 1.165) is 12.8 Å². The van der Waals surface area contributed by atoms with Gasteiger partial charge in [-0.15, -0.1) is 0 Å². The van der Waals surface area contributed by atoms with Crippen LogP contribution in [0.15, 0.2) is 18.2 Å². The number of amides is 2. The van der Waals surface area contributed by atoms with Crippen LogP contribution in [0.25, 0.3) is 0 Å². The van der Waals surface area contributed by atoms with Crippen LogP contribution in [-0.2, 0) is 12.8 Å². The average Bonchev–Trinajstić information content (AvgIpc) is 2.95. The minimum Gasteiger partial charge on any atom is -0.335 e. The maximum atomic E-state index is 12.1. The first kappa shape index (κ1) is 14.4. The van der Waals surface area contributed by atoms with E-state index in [1.807, 2.05) is 0 Å². The third kappa shape index (κ3) is 3.58. The van der Waals surface area contributed by atoms with Gasteiger partial charge < -0.3 is 10.6 Å².